The van der Waals surface area contributed by atoms with Gasteiger partial charge in [0.05, 0.1) is 0 Å². The van der Waals surface area contributed by atoms with Gasteiger partial charge in [0.1, 0.15) is 0 Å². The highest BCUT2D eigenvalue weighted by Gasteiger charge is 2.17. The van der Waals surface area contributed by atoms with Crippen LogP contribution >= 0.6 is 0 Å². The number of aryl methyl sites for hydroxylation is 1. The number of unbranched alkanes of at least 4 members (excludes halogenated alkanes) is 3. The van der Waals surface area contributed by atoms with E-state index in [1.807, 2.05) is 0 Å². The highest BCUT2D eigenvalue weighted by molar-refractivity contribution is 5.29. The van der Waals surface area contributed by atoms with Gasteiger partial charge in [0.2, 0.25) is 0 Å². The first-order valence-corrected chi connectivity index (χ1v) is 7.46. The molecule has 1 atom stereocenters. The molecule has 1 aromatic carbocycles. The van der Waals surface area contributed by atoms with Gasteiger partial charge in [-0.3, -0.25) is 0 Å². The van der Waals surface area contributed by atoms with Gasteiger partial charge in [-0.05, 0) is 42.7 Å². The SMILES string of the molecule is COCCCCCCC1CCc2ccccc2C1. The average molecular weight is 246 g/mol. The molecule has 0 bridgehead atoms. The predicted octanol–water partition coefficient (Wildman–Crippen LogP) is 4.39. The molecular weight excluding hydrogens is 220 g/mol. The van der Waals surface area contributed by atoms with Gasteiger partial charge in [0, 0.05) is 13.7 Å². The number of fused-ring (bicyclic) bond motifs is 1. The molecular formula is C17H26O. The molecule has 2 rings (SSSR count). The fourth-order valence-corrected chi connectivity index (χ4v) is 3.05. The summed E-state index contributed by atoms with van der Waals surface area (Å²) < 4.78 is 5.08. The van der Waals surface area contributed by atoms with Gasteiger partial charge in [0.25, 0.3) is 0 Å². The van der Waals surface area contributed by atoms with Gasteiger partial charge in [-0.1, -0.05) is 49.9 Å². The third kappa shape index (κ3) is 4.13. The highest BCUT2D eigenvalue weighted by atomic mass is 16.5. The average Bonchev–Trinajstić information content (AvgIpc) is 2.42. The summed E-state index contributed by atoms with van der Waals surface area (Å²) in [4.78, 5) is 0. The number of ether oxygens (including phenoxy) is 1. The molecule has 0 fully saturated rings. The molecule has 0 amide bonds. The van der Waals surface area contributed by atoms with Crippen LogP contribution in [0.2, 0.25) is 0 Å². The van der Waals surface area contributed by atoms with Gasteiger partial charge >= 0.3 is 0 Å². The van der Waals surface area contributed by atoms with E-state index in [0.29, 0.717) is 0 Å². The zero-order chi connectivity index (χ0) is 12.6. The van der Waals surface area contributed by atoms with Gasteiger partial charge < -0.3 is 4.74 Å². The van der Waals surface area contributed by atoms with Crippen molar-refractivity contribution in [3.05, 3.63) is 35.4 Å². The molecule has 0 spiro atoms. The van der Waals surface area contributed by atoms with Crippen LogP contribution in [0.15, 0.2) is 24.3 Å². The fourth-order valence-electron chi connectivity index (χ4n) is 3.05. The minimum atomic E-state index is 0.927. The van der Waals surface area contributed by atoms with Crippen molar-refractivity contribution in [1.82, 2.24) is 0 Å². The van der Waals surface area contributed by atoms with Gasteiger partial charge in [-0.25, -0.2) is 0 Å². The minimum Gasteiger partial charge on any atom is -0.385 e. The zero-order valence-corrected chi connectivity index (χ0v) is 11.7. The van der Waals surface area contributed by atoms with E-state index in [4.69, 9.17) is 4.74 Å². The summed E-state index contributed by atoms with van der Waals surface area (Å²) in [5.41, 5.74) is 3.20. The Morgan fingerprint density at radius 3 is 2.67 bits per heavy atom. The Hall–Kier alpha value is -0.820. The Labute approximate surface area is 112 Å². The fraction of sp³-hybridized carbons (Fsp3) is 0.647. The molecule has 0 saturated carbocycles. The quantitative estimate of drug-likeness (QED) is 0.648. The van der Waals surface area contributed by atoms with Crippen molar-refractivity contribution in [2.24, 2.45) is 5.92 Å². The maximum absolute atomic E-state index is 5.08. The van der Waals surface area contributed by atoms with Crippen molar-refractivity contribution in [1.29, 1.82) is 0 Å². The number of rotatable bonds is 7. The van der Waals surface area contributed by atoms with Crippen LogP contribution in [0.5, 0.6) is 0 Å². The van der Waals surface area contributed by atoms with Crippen molar-refractivity contribution in [2.75, 3.05) is 13.7 Å². The van der Waals surface area contributed by atoms with Gasteiger partial charge in [-0.15, -0.1) is 0 Å². The van der Waals surface area contributed by atoms with E-state index < -0.39 is 0 Å². The normalized spacial score (nSPS) is 18.6. The molecule has 1 aromatic rings. The summed E-state index contributed by atoms with van der Waals surface area (Å²) in [7, 11) is 1.79. The van der Waals surface area contributed by atoms with Crippen LogP contribution in [0.25, 0.3) is 0 Å². The predicted molar refractivity (Wildman–Crippen MR) is 76.9 cm³/mol. The zero-order valence-electron chi connectivity index (χ0n) is 11.7. The first kappa shape index (κ1) is 13.6. The highest BCUT2D eigenvalue weighted by Crippen LogP contribution is 2.28. The second kappa shape index (κ2) is 7.58. The van der Waals surface area contributed by atoms with Crippen molar-refractivity contribution in [3.63, 3.8) is 0 Å². The minimum absolute atomic E-state index is 0.927. The van der Waals surface area contributed by atoms with E-state index in [1.54, 1.807) is 18.2 Å². The van der Waals surface area contributed by atoms with E-state index in [0.717, 1.165) is 12.5 Å². The van der Waals surface area contributed by atoms with E-state index in [1.165, 1.54) is 51.4 Å². The number of methoxy groups -OCH3 is 1. The van der Waals surface area contributed by atoms with Gasteiger partial charge in [-0.2, -0.15) is 0 Å². The Morgan fingerprint density at radius 2 is 1.83 bits per heavy atom. The van der Waals surface area contributed by atoms with Crippen LogP contribution in [0.4, 0.5) is 0 Å². The summed E-state index contributed by atoms with van der Waals surface area (Å²) in [5.74, 6) is 0.933. The maximum Gasteiger partial charge on any atom is 0.0462 e. The Balaban J connectivity index is 1.64. The summed E-state index contributed by atoms with van der Waals surface area (Å²) in [6.45, 7) is 0.927. The smallest absolute Gasteiger partial charge is 0.0462 e. The van der Waals surface area contributed by atoms with Crippen molar-refractivity contribution < 1.29 is 4.74 Å². The van der Waals surface area contributed by atoms with Crippen molar-refractivity contribution in [3.8, 4) is 0 Å². The third-order valence-electron chi connectivity index (χ3n) is 4.16. The molecule has 0 heterocycles. The van der Waals surface area contributed by atoms with Crippen LogP contribution in [0.1, 0.15) is 49.7 Å². The molecule has 0 aliphatic heterocycles. The standard InChI is InChI=1S/C17H26O/c1-18-13-7-3-2-4-8-15-11-12-16-9-5-6-10-17(16)14-15/h5-6,9-10,15H,2-4,7-8,11-14H2,1H3. The summed E-state index contributed by atoms with van der Waals surface area (Å²) in [6, 6.07) is 8.98. The Morgan fingerprint density at radius 1 is 1.06 bits per heavy atom. The number of benzene rings is 1. The molecule has 0 radical (unpaired) electrons. The molecule has 0 aromatic heterocycles. The first-order valence-electron chi connectivity index (χ1n) is 7.46. The van der Waals surface area contributed by atoms with E-state index in [9.17, 15) is 0 Å². The molecule has 1 nitrogen and oxygen atoms in total. The van der Waals surface area contributed by atoms with Crippen molar-refractivity contribution >= 4 is 0 Å². The van der Waals surface area contributed by atoms with Crippen LogP contribution in [0.3, 0.4) is 0 Å². The first-order chi connectivity index (χ1) is 8.90. The lowest BCUT2D eigenvalue weighted by Crippen LogP contribution is -2.14. The number of hydrogen-bond donors (Lipinski definition) is 0. The Kier molecular flexibility index (Phi) is 5.73. The third-order valence-corrected chi connectivity index (χ3v) is 4.16. The van der Waals surface area contributed by atoms with Crippen LogP contribution in [-0.4, -0.2) is 13.7 Å². The molecule has 0 saturated heterocycles. The summed E-state index contributed by atoms with van der Waals surface area (Å²) >= 11 is 0. The van der Waals surface area contributed by atoms with E-state index in [-0.39, 0.29) is 0 Å². The second-order valence-corrected chi connectivity index (χ2v) is 5.57. The Bertz CT molecular complexity index is 345. The summed E-state index contributed by atoms with van der Waals surface area (Å²) in [5, 5.41) is 0. The summed E-state index contributed by atoms with van der Waals surface area (Å²) in [6.07, 6.45) is 10.8. The number of hydrogen-bond acceptors (Lipinski definition) is 1. The molecule has 18 heavy (non-hydrogen) atoms. The topological polar surface area (TPSA) is 9.23 Å². The second-order valence-electron chi connectivity index (χ2n) is 5.57. The van der Waals surface area contributed by atoms with Crippen LogP contribution in [0, 0.1) is 5.92 Å². The van der Waals surface area contributed by atoms with E-state index >= 15 is 0 Å². The lowest BCUT2D eigenvalue weighted by Gasteiger charge is -2.24. The lowest BCUT2D eigenvalue weighted by atomic mass is 9.81. The largest absolute Gasteiger partial charge is 0.385 e. The molecule has 1 heteroatoms. The van der Waals surface area contributed by atoms with Crippen LogP contribution in [-0.2, 0) is 17.6 Å². The van der Waals surface area contributed by atoms with Crippen molar-refractivity contribution in [2.45, 2.75) is 51.4 Å². The lowest BCUT2D eigenvalue weighted by molar-refractivity contribution is 0.191. The molecule has 100 valence electrons. The molecule has 1 aliphatic carbocycles. The monoisotopic (exact) mass is 246 g/mol. The van der Waals surface area contributed by atoms with E-state index in [2.05, 4.69) is 24.3 Å². The maximum atomic E-state index is 5.08. The molecule has 0 N–H and O–H groups in total. The molecule has 1 unspecified atom stereocenters. The van der Waals surface area contributed by atoms with Crippen LogP contribution < -0.4 is 0 Å². The molecule has 1 aliphatic rings. The van der Waals surface area contributed by atoms with Gasteiger partial charge in [0.15, 0.2) is 0 Å².